The summed E-state index contributed by atoms with van der Waals surface area (Å²) < 4.78 is 0. The number of hydrogen-bond acceptors (Lipinski definition) is 3. The number of carbonyl (C=O) groups excluding carboxylic acids is 1. The lowest BCUT2D eigenvalue weighted by Gasteiger charge is -2.13. The second-order valence-electron chi connectivity index (χ2n) is 7.51. The van der Waals surface area contributed by atoms with Crippen LogP contribution >= 0.6 is 11.3 Å². The molecular formula is C22H23N3OS. The minimum absolute atomic E-state index is 0.0210. The van der Waals surface area contributed by atoms with Crippen LogP contribution in [-0.4, -0.2) is 16.1 Å². The molecule has 138 valence electrons. The maximum Gasteiger partial charge on any atom is 0.251 e. The van der Waals surface area contributed by atoms with Crippen molar-refractivity contribution in [3.63, 3.8) is 0 Å². The van der Waals surface area contributed by atoms with Crippen LogP contribution in [0.3, 0.4) is 0 Å². The lowest BCUT2D eigenvalue weighted by atomic mass is 9.92. The number of hydrogen-bond donors (Lipinski definition) is 2. The zero-order chi connectivity index (χ0) is 19.4. The summed E-state index contributed by atoms with van der Waals surface area (Å²) in [4.78, 5) is 12.4. The van der Waals surface area contributed by atoms with Crippen molar-refractivity contribution < 1.29 is 4.79 Å². The largest absolute Gasteiger partial charge is 0.348 e. The quantitative estimate of drug-likeness (QED) is 0.665. The van der Waals surface area contributed by atoms with Gasteiger partial charge in [-0.3, -0.25) is 9.89 Å². The van der Waals surface area contributed by atoms with E-state index >= 15 is 0 Å². The molecule has 2 heterocycles. The van der Waals surface area contributed by atoms with Gasteiger partial charge in [0.1, 0.15) is 5.69 Å². The number of carbonyl (C=O) groups is 1. The zero-order valence-electron chi connectivity index (χ0n) is 16.0. The van der Waals surface area contributed by atoms with E-state index in [1.54, 1.807) is 11.3 Å². The highest BCUT2D eigenvalue weighted by Gasteiger charge is 2.16. The number of aryl methyl sites for hydroxylation is 1. The molecule has 3 aromatic rings. The second-order valence-corrected chi connectivity index (χ2v) is 8.29. The first-order chi connectivity index (χ1) is 12.8. The third-order valence-corrected chi connectivity index (χ3v) is 4.94. The fraction of sp³-hybridized carbons (Fsp3) is 0.273. The molecule has 0 aliphatic heterocycles. The molecule has 0 unspecified atom stereocenters. The average molecular weight is 378 g/mol. The highest BCUT2D eigenvalue weighted by Crippen LogP contribution is 2.20. The van der Waals surface area contributed by atoms with Gasteiger partial charge in [0.2, 0.25) is 0 Å². The van der Waals surface area contributed by atoms with Crippen LogP contribution in [0.2, 0.25) is 0 Å². The molecule has 2 aromatic heterocycles. The summed E-state index contributed by atoms with van der Waals surface area (Å²) in [6, 6.07) is 9.58. The van der Waals surface area contributed by atoms with Crippen LogP contribution in [0.5, 0.6) is 0 Å². The number of thiophene rings is 1. The third-order valence-electron chi connectivity index (χ3n) is 4.21. The first-order valence-electron chi connectivity index (χ1n) is 8.81. The fourth-order valence-corrected chi connectivity index (χ4v) is 3.15. The van der Waals surface area contributed by atoms with Crippen molar-refractivity contribution in [2.24, 2.45) is 0 Å². The minimum Gasteiger partial charge on any atom is -0.348 e. The van der Waals surface area contributed by atoms with E-state index in [4.69, 9.17) is 0 Å². The van der Waals surface area contributed by atoms with Gasteiger partial charge in [0.25, 0.3) is 5.91 Å². The fourth-order valence-electron chi connectivity index (χ4n) is 2.48. The van der Waals surface area contributed by atoms with Gasteiger partial charge in [0, 0.05) is 23.1 Å². The molecule has 0 aliphatic rings. The standard InChI is InChI=1S/C22H23N3OS/c1-15-5-6-18(21(26)23-13-16-9-10-27-14-16)11-17(15)7-8-19-12-20(25-24-19)22(2,3)4/h5-6,9-12,14H,13H2,1-4H3,(H,23,26)(H,24,25). The molecule has 4 nitrogen and oxygen atoms in total. The Kier molecular flexibility index (Phi) is 5.48. The molecule has 1 aromatic carbocycles. The Bertz CT molecular complexity index is 998. The Morgan fingerprint density at radius 3 is 2.70 bits per heavy atom. The Morgan fingerprint density at radius 1 is 1.22 bits per heavy atom. The second kappa shape index (κ2) is 7.81. The van der Waals surface area contributed by atoms with Crippen molar-refractivity contribution >= 4 is 17.2 Å². The Hall–Kier alpha value is -2.84. The Labute approximate surface area is 164 Å². The van der Waals surface area contributed by atoms with E-state index in [1.807, 2.05) is 48.0 Å². The van der Waals surface area contributed by atoms with Crippen molar-refractivity contribution in [2.45, 2.75) is 39.7 Å². The summed E-state index contributed by atoms with van der Waals surface area (Å²) in [6.45, 7) is 8.86. The van der Waals surface area contributed by atoms with Crippen LogP contribution in [0, 0.1) is 18.8 Å². The van der Waals surface area contributed by atoms with E-state index < -0.39 is 0 Å². The van der Waals surface area contributed by atoms with Gasteiger partial charge >= 0.3 is 0 Å². The molecule has 27 heavy (non-hydrogen) atoms. The summed E-state index contributed by atoms with van der Waals surface area (Å²) in [5.41, 5.74) is 5.32. The number of nitrogens with zero attached hydrogens (tertiary/aromatic N) is 1. The molecular weight excluding hydrogens is 354 g/mol. The molecule has 0 saturated carbocycles. The number of aromatic nitrogens is 2. The summed E-state index contributed by atoms with van der Waals surface area (Å²) in [7, 11) is 0. The van der Waals surface area contributed by atoms with E-state index in [0.29, 0.717) is 12.1 Å². The van der Waals surface area contributed by atoms with Crippen molar-refractivity contribution in [3.8, 4) is 11.8 Å². The van der Waals surface area contributed by atoms with Gasteiger partial charge in [-0.05, 0) is 59.0 Å². The van der Waals surface area contributed by atoms with E-state index in [2.05, 4.69) is 48.1 Å². The van der Waals surface area contributed by atoms with Gasteiger partial charge in [0.05, 0.1) is 5.69 Å². The van der Waals surface area contributed by atoms with Gasteiger partial charge in [-0.2, -0.15) is 16.4 Å². The van der Waals surface area contributed by atoms with Gasteiger partial charge in [-0.1, -0.05) is 32.8 Å². The topological polar surface area (TPSA) is 57.8 Å². The van der Waals surface area contributed by atoms with Crippen LogP contribution in [0.15, 0.2) is 41.1 Å². The Morgan fingerprint density at radius 2 is 2.04 bits per heavy atom. The average Bonchev–Trinajstić information content (AvgIpc) is 3.30. The number of benzene rings is 1. The molecule has 2 N–H and O–H groups in total. The molecule has 0 saturated heterocycles. The molecule has 0 atom stereocenters. The molecule has 0 radical (unpaired) electrons. The summed E-state index contributed by atoms with van der Waals surface area (Å²) in [6.07, 6.45) is 0. The van der Waals surface area contributed by atoms with E-state index in [-0.39, 0.29) is 11.3 Å². The molecule has 3 rings (SSSR count). The third kappa shape index (κ3) is 4.87. The predicted octanol–water partition coefficient (Wildman–Crippen LogP) is 4.41. The predicted molar refractivity (Wildman–Crippen MR) is 110 cm³/mol. The number of amides is 1. The molecule has 5 heteroatoms. The van der Waals surface area contributed by atoms with Crippen LogP contribution in [0.4, 0.5) is 0 Å². The van der Waals surface area contributed by atoms with Gasteiger partial charge in [-0.15, -0.1) is 0 Å². The highest BCUT2D eigenvalue weighted by molar-refractivity contribution is 7.07. The van der Waals surface area contributed by atoms with Gasteiger partial charge in [-0.25, -0.2) is 0 Å². The van der Waals surface area contributed by atoms with Crippen LogP contribution < -0.4 is 5.32 Å². The van der Waals surface area contributed by atoms with Crippen molar-refractivity contribution in [3.05, 3.63) is 74.7 Å². The molecule has 0 bridgehead atoms. The van der Waals surface area contributed by atoms with Crippen molar-refractivity contribution in [1.82, 2.24) is 15.5 Å². The first-order valence-corrected chi connectivity index (χ1v) is 9.75. The Balaban J connectivity index is 1.76. The summed E-state index contributed by atoms with van der Waals surface area (Å²) in [5, 5.41) is 14.3. The number of aromatic amines is 1. The van der Waals surface area contributed by atoms with Crippen LogP contribution in [0.1, 0.15) is 59.2 Å². The lowest BCUT2D eigenvalue weighted by Crippen LogP contribution is -2.22. The van der Waals surface area contributed by atoms with Crippen molar-refractivity contribution in [1.29, 1.82) is 0 Å². The van der Waals surface area contributed by atoms with Crippen LogP contribution in [0.25, 0.3) is 0 Å². The van der Waals surface area contributed by atoms with Gasteiger partial charge < -0.3 is 5.32 Å². The number of H-pyrrole nitrogens is 1. The zero-order valence-corrected chi connectivity index (χ0v) is 16.8. The molecule has 0 aliphatic carbocycles. The van der Waals surface area contributed by atoms with Gasteiger partial charge in [0.15, 0.2) is 0 Å². The van der Waals surface area contributed by atoms with E-state index in [1.165, 1.54) is 0 Å². The van der Waals surface area contributed by atoms with E-state index in [0.717, 1.165) is 28.1 Å². The molecule has 0 spiro atoms. The maximum absolute atomic E-state index is 12.4. The van der Waals surface area contributed by atoms with E-state index in [9.17, 15) is 4.79 Å². The lowest BCUT2D eigenvalue weighted by molar-refractivity contribution is 0.0951. The number of nitrogens with one attached hydrogen (secondary N) is 2. The number of rotatable bonds is 3. The highest BCUT2D eigenvalue weighted by atomic mass is 32.1. The first kappa shape index (κ1) is 18.9. The summed E-state index contributed by atoms with van der Waals surface area (Å²) >= 11 is 1.62. The smallest absolute Gasteiger partial charge is 0.251 e. The van der Waals surface area contributed by atoms with Crippen LogP contribution in [-0.2, 0) is 12.0 Å². The minimum atomic E-state index is -0.0965. The maximum atomic E-state index is 12.4. The summed E-state index contributed by atoms with van der Waals surface area (Å²) in [5.74, 6) is 6.18. The SMILES string of the molecule is Cc1ccc(C(=O)NCc2ccsc2)cc1C#Cc1cc(C(C)(C)C)n[nH]1. The molecule has 0 fully saturated rings. The normalized spacial score (nSPS) is 11.0. The van der Waals surface area contributed by atoms with Crippen molar-refractivity contribution in [2.75, 3.05) is 0 Å². The monoisotopic (exact) mass is 377 g/mol. The molecule has 1 amide bonds.